The van der Waals surface area contributed by atoms with Crippen molar-refractivity contribution in [3.8, 4) is 0 Å². The van der Waals surface area contributed by atoms with Crippen molar-refractivity contribution in [3.05, 3.63) is 0 Å². The number of ether oxygens (including phenoxy) is 2. The van der Waals surface area contributed by atoms with Gasteiger partial charge < -0.3 is 9.47 Å². The van der Waals surface area contributed by atoms with Gasteiger partial charge in [0.1, 0.15) is 0 Å². The molecule has 0 amide bonds. The highest BCUT2D eigenvalue weighted by atomic mass is 16.7. The Labute approximate surface area is 93.8 Å². The molecule has 2 rings (SSSR count). The number of cyclic esters (lactones) is 2. The molecule has 2 heterocycles. The molecule has 2 aliphatic heterocycles. The van der Waals surface area contributed by atoms with E-state index >= 15 is 0 Å². The zero-order chi connectivity index (χ0) is 11.8. The Bertz CT molecular complexity index is 339. The number of hydrogen-bond acceptors (Lipinski definition) is 5. The third kappa shape index (κ3) is 2.08. The Morgan fingerprint density at radius 3 is 2.31 bits per heavy atom. The molecule has 0 saturated carbocycles. The van der Waals surface area contributed by atoms with Gasteiger partial charge in [0, 0.05) is 26.1 Å². The summed E-state index contributed by atoms with van der Waals surface area (Å²) in [7, 11) is 0. The lowest BCUT2D eigenvalue weighted by Gasteiger charge is -2.33. The van der Waals surface area contributed by atoms with Gasteiger partial charge >= 0.3 is 11.9 Å². The maximum absolute atomic E-state index is 11.7. The first-order valence-electron chi connectivity index (χ1n) is 5.48. The molecule has 16 heavy (non-hydrogen) atoms. The number of carbonyl (C=O) groups is 2. The molecule has 1 fully saturated rings. The fourth-order valence-corrected chi connectivity index (χ4v) is 1.95. The second-order valence-electron chi connectivity index (χ2n) is 4.51. The highest BCUT2D eigenvalue weighted by Gasteiger charge is 2.45. The van der Waals surface area contributed by atoms with Crippen LogP contribution in [0.5, 0.6) is 0 Å². The monoisotopic (exact) mass is 225 g/mol. The molecule has 0 aliphatic carbocycles. The molecule has 2 aliphatic rings. The Morgan fingerprint density at radius 2 is 1.81 bits per heavy atom. The molecule has 0 N–H and O–H groups in total. The Balaban J connectivity index is 2.19. The highest BCUT2D eigenvalue weighted by Crippen LogP contribution is 2.26. The number of hydrogen-bond donors (Lipinski definition) is 0. The van der Waals surface area contributed by atoms with Crippen molar-refractivity contribution in [1.82, 2.24) is 0 Å². The minimum Gasteiger partial charge on any atom is -0.422 e. The summed E-state index contributed by atoms with van der Waals surface area (Å²) in [6.45, 7) is 3.76. The van der Waals surface area contributed by atoms with E-state index in [1.807, 2.05) is 0 Å². The van der Waals surface area contributed by atoms with Crippen LogP contribution in [-0.4, -0.2) is 30.0 Å². The van der Waals surface area contributed by atoms with Crippen molar-refractivity contribution in [2.45, 2.75) is 38.9 Å². The fraction of sp³-hybridized carbons (Fsp3) is 0.727. The van der Waals surface area contributed by atoms with E-state index < -0.39 is 23.6 Å². The molecule has 0 aromatic carbocycles. The zero-order valence-electron chi connectivity index (χ0n) is 9.49. The Hall–Kier alpha value is -1.39. The van der Waals surface area contributed by atoms with Crippen molar-refractivity contribution >= 4 is 17.7 Å². The summed E-state index contributed by atoms with van der Waals surface area (Å²) >= 11 is 0. The second-order valence-corrected chi connectivity index (χ2v) is 4.51. The van der Waals surface area contributed by atoms with E-state index in [-0.39, 0.29) is 0 Å². The van der Waals surface area contributed by atoms with Gasteiger partial charge in [-0.2, -0.15) is 0 Å². The third-order valence-corrected chi connectivity index (χ3v) is 2.65. The highest BCUT2D eigenvalue weighted by molar-refractivity contribution is 6.17. The quantitative estimate of drug-likeness (QED) is 0.494. The number of carbonyl (C=O) groups excluding carboxylic acids is 2. The third-order valence-electron chi connectivity index (χ3n) is 2.65. The lowest BCUT2D eigenvalue weighted by atomic mass is 9.95. The van der Waals surface area contributed by atoms with E-state index in [0.717, 1.165) is 12.8 Å². The van der Waals surface area contributed by atoms with Crippen molar-refractivity contribution in [2.24, 2.45) is 10.9 Å². The van der Waals surface area contributed by atoms with Gasteiger partial charge in [-0.25, -0.2) is 0 Å². The van der Waals surface area contributed by atoms with Crippen LogP contribution in [0.3, 0.4) is 0 Å². The molecule has 0 radical (unpaired) electrons. The number of aliphatic imine (C=N–C) groups is 1. The van der Waals surface area contributed by atoms with Crippen molar-refractivity contribution in [3.63, 3.8) is 0 Å². The van der Waals surface area contributed by atoms with E-state index in [9.17, 15) is 9.59 Å². The maximum Gasteiger partial charge on any atom is 0.329 e. The first-order valence-corrected chi connectivity index (χ1v) is 5.48. The zero-order valence-corrected chi connectivity index (χ0v) is 9.49. The predicted molar refractivity (Wildman–Crippen MR) is 55.9 cm³/mol. The number of nitrogens with zero attached hydrogens (tertiary/aromatic N) is 1. The molecule has 0 bridgehead atoms. The average Bonchev–Trinajstić information content (AvgIpc) is 2.16. The summed E-state index contributed by atoms with van der Waals surface area (Å²) in [5, 5.41) is 0. The van der Waals surface area contributed by atoms with Crippen molar-refractivity contribution < 1.29 is 19.1 Å². The molecule has 0 unspecified atom stereocenters. The van der Waals surface area contributed by atoms with Crippen LogP contribution in [0.25, 0.3) is 0 Å². The van der Waals surface area contributed by atoms with Gasteiger partial charge in [0.05, 0.1) is 0 Å². The molecule has 88 valence electrons. The first kappa shape index (κ1) is 11.1. The van der Waals surface area contributed by atoms with Crippen LogP contribution in [0, 0.1) is 5.92 Å². The minimum absolute atomic E-state index is 0.540. The molecule has 0 spiro atoms. The summed E-state index contributed by atoms with van der Waals surface area (Å²) in [4.78, 5) is 27.6. The first-order chi connectivity index (χ1) is 7.49. The topological polar surface area (TPSA) is 65.0 Å². The normalized spacial score (nSPS) is 25.8. The molecule has 5 nitrogen and oxygen atoms in total. The van der Waals surface area contributed by atoms with Crippen molar-refractivity contribution in [1.29, 1.82) is 0 Å². The minimum atomic E-state index is -1.15. The van der Waals surface area contributed by atoms with Gasteiger partial charge in [0.15, 0.2) is 5.92 Å². The largest absolute Gasteiger partial charge is 0.422 e. The van der Waals surface area contributed by atoms with Crippen LogP contribution >= 0.6 is 0 Å². The molecule has 0 aromatic rings. The lowest BCUT2D eigenvalue weighted by molar-refractivity contribution is -0.235. The van der Waals surface area contributed by atoms with Gasteiger partial charge in [-0.1, -0.05) is 0 Å². The van der Waals surface area contributed by atoms with E-state index in [0.29, 0.717) is 18.7 Å². The van der Waals surface area contributed by atoms with Crippen LogP contribution in [0.2, 0.25) is 0 Å². The summed E-state index contributed by atoms with van der Waals surface area (Å²) in [5.41, 5.74) is 0.608. The van der Waals surface area contributed by atoms with E-state index in [4.69, 9.17) is 9.47 Å². The molecule has 5 heteroatoms. The molecule has 0 atom stereocenters. The van der Waals surface area contributed by atoms with E-state index in [2.05, 4.69) is 4.99 Å². The van der Waals surface area contributed by atoms with Gasteiger partial charge in [-0.15, -0.1) is 0 Å². The van der Waals surface area contributed by atoms with E-state index in [1.165, 1.54) is 0 Å². The Kier molecular flexibility index (Phi) is 2.69. The smallest absolute Gasteiger partial charge is 0.329 e. The summed E-state index contributed by atoms with van der Waals surface area (Å²) in [6.07, 6.45) is 2.64. The van der Waals surface area contributed by atoms with Crippen molar-refractivity contribution in [2.75, 3.05) is 6.54 Å². The van der Waals surface area contributed by atoms with E-state index in [1.54, 1.807) is 13.8 Å². The molecular weight excluding hydrogens is 210 g/mol. The lowest BCUT2D eigenvalue weighted by Crippen LogP contribution is -2.49. The summed E-state index contributed by atoms with van der Waals surface area (Å²) in [5.74, 6) is -3.17. The Morgan fingerprint density at radius 1 is 1.19 bits per heavy atom. The summed E-state index contributed by atoms with van der Waals surface area (Å²) in [6, 6.07) is 0. The molecule has 1 saturated heterocycles. The molecule has 0 aromatic heterocycles. The number of esters is 2. The van der Waals surface area contributed by atoms with Crippen LogP contribution in [-0.2, 0) is 19.1 Å². The van der Waals surface area contributed by atoms with Gasteiger partial charge in [-0.05, 0) is 19.3 Å². The van der Waals surface area contributed by atoms with Crippen LogP contribution in [0.15, 0.2) is 4.99 Å². The predicted octanol–water partition coefficient (Wildman–Crippen LogP) is 1.06. The molecular formula is C11H15NO4. The van der Waals surface area contributed by atoms with Gasteiger partial charge in [-0.3, -0.25) is 14.6 Å². The SMILES string of the molecule is CC1(C)OC(=O)C(C2=NCCCC2)C(=O)O1. The fourth-order valence-electron chi connectivity index (χ4n) is 1.95. The average molecular weight is 225 g/mol. The number of rotatable bonds is 1. The van der Waals surface area contributed by atoms with Crippen LogP contribution in [0.1, 0.15) is 33.1 Å². The van der Waals surface area contributed by atoms with Gasteiger partial charge in [0.2, 0.25) is 0 Å². The van der Waals surface area contributed by atoms with Gasteiger partial charge in [0.25, 0.3) is 5.79 Å². The second kappa shape index (κ2) is 3.88. The maximum atomic E-state index is 11.7. The summed E-state index contributed by atoms with van der Waals surface area (Å²) < 4.78 is 10.1. The van der Waals surface area contributed by atoms with Crippen LogP contribution in [0.4, 0.5) is 0 Å². The van der Waals surface area contributed by atoms with Crippen LogP contribution < -0.4 is 0 Å². The standard InChI is InChI=1S/C11H15NO4/c1-11(2)15-9(13)8(10(14)16-11)7-5-3-4-6-12-7/h8H,3-6H2,1-2H3.